The molecule has 0 amide bonds. The molecular weight excluding hydrogens is 416 g/mol. The van der Waals surface area contributed by atoms with Crippen LogP contribution >= 0.6 is 23.4 Å². The standard InChI is InChI=1S/C22H21ClN6S/c1-16-21(17(2)28(27-16)13-18-6-4-3-5-7-18)12-25-29-15-24-26-22(29)30-14-19-8-10-20(23)11-9-19/h3-12,15H,13-14H2,1-2H3/b25-12+. The topological polar surface area (TPSA) is 60.9 Å². The van der Waals surface area contributed by atoms with Gasteiger partial charge in [-0.05, 0) is 37.1 Å². The highest BCUT2D eigenvalue weighted by Crippen LogP contribution is 2.22. The molecule has 0 saturated heterocycles. The maximum Gasteiger partial charge on any atom is 0.212 e. The second kappa shape index (κ2) is 9.28. The van der Waals surface area contributed by atoms with Crippen molar-refractivity contribution < 1.29 is 0 Å². The lowest BCUT2D eigenvalue weighted by Gasteiger charge is -2.04. The van der Waals surface area contributed by atoms with Crippen molar-refractivity contribution in [3.63, 3.8) is 0 Å². The molecule has 0 fully saturated rings. The number of halogens is 1. The van der Waals surface area contributed by atoms with Gasteiger partial charge in [0.15, 0.2) is 0 Å². The van der Waals surface area contributed by atoms with Crippen LogP contribution in [0.2, 0.25) is 5.02 Å². The lowest BCUT2D eigenvalue weighted by atomic mass is 10.2. The number of hydrogen-bond donors (Lipinski definition) is 0. The molecule has 0 radical (unpaired) electrons. The third-order valence-electron chi connectivity index (χ3n) is 4.71. The van der Waals surface area contributed by atoms with Crippen molar-refractivity contribution in [1.29, 1.82) is 0 Å². The summed E-state index contributed by atoms with van der Waals surface area (Å²) in [5.74, 6) is 0.762. The molecule has 2 aromatic heterocycles. The monoisotopic (exact) mass is 436 g/mol. The predicted octanol–water partition coefficient (Wildman–Crippen LogP) is 4.97. The second-order valence-corrected chi connectivity index (χ2v) is 8.22. The Morgan fingerprint density at radius 1 is 1.03 bits per heavy atom. The van der Waals surface area contributed by atoms with Crippen molar-refractivity contribution in [1.82, 2.24) is 24.7 Å². The highest BCUT2D eigenvalue weighted by Gasteiger charge is 2.11. The van der Waals surface area contributed by atoms with Crippen molar-refractivity contribution >= 4 is 29.6 Å². The average Bonchev–Trinajstić information content (AvgIpc) is 3.31. The fraction of sp³-hybridized carbons (Fsp3) is 0.182. The number of aromatic nitrogens is 5. The first-order valence-electron chi connectivity index (χ1n) is 9.49. The van der Waals surface area contributed by atoms with E-state index in [0.717, 1.165) is 45.0 Å². The largest absolute Gasteiger partial charge is 0.265 e. The van der Waals surface area contributed by atoms with Crippen LogP contribution in [-0.2, 0) is 12.3 Å². The summed E-state index contributed by atoms with van der Waals surface area (Å²) in [5.41, 5.74) is 5.40. The Kier molecular flexibility index (Phi) is 6.30. The van der Waals surface area contributed by atoms with Crippen LogP contribution in [0, 0.1) is 13.8 Å². The van der Waals surface area contributed by atoms with Gasteiger partial charge in [0.2, 0.25) is 5.16 Å². The molecule has 0 spiro atoms. The number of benzene rings is 2. The number of aryl methyl sites for hydroxylation is 1. The molecule has 8 heteroatoms. The van der Waals surface area contributed by atoms with E-state index in [1.165, 1.54) is 5.56 Å². The van der Waals surface area contributed by atoms with Crippen molar-refractivity contribution in [2.75, 3.05) is 0 Å². The van der Waals surface area contributed by atoms with Gasteiger partial charge in [-0.15, -0.1) is 10.2 Å². The molecule has 6 nitrogen and oxygen atoms in total. The second-order valence-electron chi connectivity index (χ2n) is 6.85. The van der Waals surface area contributed by atoms with Crippen molar-refractivity contribution in [3.8, 4) is 0 Å². The van der Waals surface area contributed by atoms with Gasteiger partial charge in [0.05, 0.1) is 18.5 Å². The van der Waals surface area contributed by atoms with Gasteiger partial charge in [-0.3, -0.25) is 4.68 Å². The molecule has 0 unspecified atom stereocenters. The molecule has 152 valence electrons. The van der Waals surface area contributed by atoms with Gasteiger partial charge < -0.3 is 0 Å². The molecule has 2 heterocycles. The average molecular weight is 437 g/mol. The van der Waals surface area contributed by atoms with E-state index in [2.05, 4.69) is 39.5 Å². The first-order valence-corrected chi connectivity index (χ1v) is 10.9. The molecule has 0 aliphatic rings. The van der Waals surface area contributed by atoms with E-state index < -0.39 is 0 Å². The maximum atomic E-state index is 5.95. The van der Waals surface area contributed by atoms with Crippen LogP contribution in [0.4, 0.5) is 0 Å². The molecule has 0 bridgehead atoms. The lowest BCUT2D eigenvalue weighted by molar-refractivity contribution is 0.659. The van der Waals surface area contributed by atoms with E-state index in [-0.39, 0.29) is 0 Å². The van der Waals surface area contributed by atoms with E-state index in [1.54, 1.807) is 22.8 Å². The van der Waals surface area contributed by atoms with Gasteiger partial charge in [0.25, 0.3) is 0 Å². The molecule has 30 heavy (non-hydrogen) atoms. The predicted molar refractivity (Wildman–Crippen MR) is 121 cm³/mol. The van der Waals surface area contributed by atoms with E-state index in [9.17, 15) is 0 Å². The minimum atomic E-state index is 0.730. The highest BCUT2D eigenvalue weighted by atomic mass is 35.5. The van der Waals surface area contributed by atoms with Crippen LogP contribution in [0.5, 0.6) is 0 Å². The summed E-state index contributed by atoms with van der Waals surface area (Å²) in [6, 6.07) is 18.1. The zero-order valence-electron chi connectivity index (χ0n) is 16.7. The third kappa shape index (κ3) is 4.80. The van der Waals surface area contributed by atoms with Crippen LogP contribution in [0.15, 0.2) is 71.2 Å². The minimum absolute atomic E-state index is 0.730. The summed E-state index contributed by atoms with van der Waals surface area (Å²) in [4.78, 5) is 0. The van der Waals surface area contributed by atoms with E-state index in [0.29, 0.717) is 0 Å². The summed E-state index contributed by atoms with van der Waals surface area (Å²) >= 11 is 7.52. The molecule has 0 atom stereocenters. The zero-order valence-corrected chi connectivity index (χ0v) is 18.3. The molecule has 0 N–H and O–H groups in total. The van der Waals surface area contributed by atoms with Crippen LogP contribution < -0.4 is 0 Å². The van der Waals surface area contributed by atoms with Gasteiger partial charge in [-0.2, -0.15) is 14.9 Å². The molecule has 0 saturated carbocycles. The van der Waals surface area contributed by atoms with Crippen molar-refractivity contribution in [2.45, 2.75) is 31.3 Å². The molecule has 0 aliphatic carbocycles. The zero-order chi connectivity index (χ0) is 20.9. The first kappa shape index (κ1) is 20.4. The van der Waals surface area contributed by atoms with Gasteiger partial charge in [0.1, 0.15) is 6.33 Å². The van der Waals surface area contributed by atoms with Gasteiger partial charge in [0, 0.05) is 22.0 Å². The summed E-state index contributed by atoms with van der Waals surface area (Å²) in [5, 5.41) is 18.9. The molecule has 4 rings (SSSR count). The Bertz CT molecular complexity index is 1150. The molecule has 0 aliphatic heterocycles. The molecule has 2 aromatic carbocycles. The maximum absolute atomic E-state index is 5.95. The minimum Gasteiger partial charge on any atom is -0.265 e. The van der Waals surface area contributed by atoms with E-state index in [1.807, 2.05) is 60.3 Å². The Labute approximate surface area is 184 Å². The highest BCUT2D eigenvalue weighted by molar-refractivity contribution is 7.98. The van der Waals surface area contributed by atoms with Crippen LogP contribution in [-0.4, -0.2) is 30.9 Å². The Morgan fingerprint density at radius 2 is 1.80 bits per heavy atom. The molecular formula is C22H21ClN6S. The Hall–Kier alpha value is -2.90. The Morgan fingerprint density at radius 3 is 2.57 bits per heavy atom. The first-order chi connectivity index (χ1) is 14.6. The fourth-order valence-corrected chi connectivity index (χ4v) is 4.00. The van der Waals surface area contributed by atoms with E-state index >= 15 is 0 Å². The quantitative estimate of drug-likeness (QED) is 0.303. The lowest BCUT2D eigenvalue weighted by Crippen LogP contribution is -2.04. The fourth-order valence-electron chi connectivity index (χ4n) is 3.05. The summed E-state index contributed by atoms with van der Waals surface area (Å²) < 4.78 is 3.70. The van der Waals surface area contributed by atoms with Crippen molar-refractivity contribution in [3.05, 3.63) is 94.0 Å². The van der Waals surface area contributed by atoms with E-state index in [4.69, 9.17) is 11.6 Å². The summed E-state index contributed by atoms with van der Waals surface area (Å²) in [6.45, 7) is 4.79. The van der Waals surface area contributed by atoms with Gasteiger partial charge >= 0.3 is 0 Å². The van der Waals surface area contributed by atoms with Crippen LogP contribution in [0.25, 0.3) is 0 Å². The number of nitrogens with zero attached hydrogens (tertiary/aromatic N) is 6. The summed E-state index contributed by atoms with van der Waals surface area (Å²) in [6.07, 6.45) is 3.44. The normalized spacial score (nSPS) is 11.4. The van der Waals surface area contributed by atoms with Gasteiger partial charge in [-0.25, -0.2) is 0 Å². The number of hydrogen-bond acceptors (Lipinski definition) is 5. The number of rotatable bonds is 7. The van der Waals surface area contributed by atoms with Crippen molar-refractivity contribution in [2.24, 2.45) is 5.10 Å². The third-order valence-corrected chi connectivity index (χ3v) is 5.96. The Balaban J connectivity index is 1.48. The van der Waals surface area contributed by atoms with Gasteiger partial charge in [-0.1, -0.05) is 65.8 Å². The SMILES string of the molecule is Cc1nn(Cc2ccccc2)c(C)c1/C=N/n1cnnc1SCc1ccc(Cl)cc1. The molecule has 4 aromatic rings. The van der Waals surface area contributed by atoms with Crippen LogP contribution in [0.1, 0.15) is 28.1 Å². The summed E-state index contributed by atoms with van der Waals surface area (Å²) in [7, 11) is 0. The smallest absolute Gasteiger partial charge is 0.212 e. The van der Waals surface area contributed by atoms with Crippen LogP contribution in [0.3, 0.4) is 0 Å². The number of thioether (sulfide) groups is 1.